The molecule has 6 heteroatoms. The third-order valence-corrected chi connectivity index (χ3v) is 5.28. The molecule has 2 aromatic heterocycles. The van der Waals surface area contributed by atoms with Crippen LogP contribution in [0.4, 0.5) is 5.69 Å². The van der Waals surface area contributed by atoms with Crippen LogP contribution in [0.3, 0.4) is 0 Å². The van der Waals surface area contributed by atoms with Crippen LogP contribution in [0.25, 0.3) is 16.2 Å². The maximum absolute atomic E-state index is 12.3. The molecule has 0 saturated heterocycles. The second-order valence-corrected chi connectivity index (χ2v) is 7.73. The third-order valence-electron chi connectivity index (χ3n) is 4.51. The second-order valence-electron chi connectivity index (χ2n) is 6.86. The maximum Gasteiger partial charge on any atom is 0.262 e. The second kappa shape index (κ2) is 7.48. The van der Waals surface area contributed by atoms with Gasteiger partial charge in [-0.1, -0.05) is 29.8 Å². The molecule has 0 fully saturated rings. The molecule has 5 nitrogen and oxygen atoms in total. The van der Waals surface area contributed by atoms with Crippen LogP contribution >= 0.6 is 11.3 Å². The topological polar surface area (TPSA) is 55.6 Å². The summed E-state index contributed by atoms with van der Waals surface area (Å²) in [6.45, 7) is 6.01. The van der Waals surface area contributed by atoms with Crippen molar-refractivity contribution in [2.24, 2.45) is 0 Å². The summed E-state index contributed by atoms with van der Waals surface area (Å²) in [4.78, 5) is 17.8. The largest absolute Gasteiger partial charge is 0.483 e. The lowest BCUT2D eigenvalue weighted by molar-refractivity contribution is -0.118. The quantitative estimate of drug-likeness (QED) is 0.520. The lowest BCUT2D eigenvalue weighted by Gasteiger charge is -2.13. The Morgan fingerprint density at radius 3 is 2.54 bits per heavy atom. The fourth-order valence-corrected chi connectivity index (χ4v) is 4.02. The van der Waals surface area contributed by atoms with E-state index in [4.69, 9.17) is 4.74 Å². The molecule has 2 heterocycles. The van der Waals surface area contributed by atoms with Gasteiger partial charge in [0.1, 0.15) is 5.75 Å². The summed E-state index contributed by atoms with van der Waals surface area (Å²) in [5.74, 6) is 0.588. The molecule has 4 aromatic rings. The van der Waals surface area contributed by atoms with E-state index in [0.717, 1.165) is 38.8 Å². The number of imidazole rings is 1. The number of nitrogens with zero attached hydrogens (tertiary/aromatic N) is 2. The van der Waals surface area contributed by atoms with Crippen molar-refractivity contribution in [3.63, 3.8) is 0 Å². The molecule has 2 aromatic carbocycles. The molecule has 0 atom stereocenters. The van der Waals surface area contributed by atoms with Crippen molar-refractivity contribution in [2.75, 3.05) is 11.9 Å². The van der Waals surface area contributed by atoms with E-state index in [2.05, 4.69) is 22.4 Å². The average Bonchev–Trinajstić information content (AvgIpc) is 3.23. The highest BCUT2D eigenvalue weighted by Crippen LogP contribution is 2.25. The number of carbonyl (C=O) groups is 1. The van der Waals surface area contributed by atoms with Gasteiger partial charge >= 0.3 is 0 Å². The Hall–Kier alpha value is -3.12. The van der Waals surface area contributed by atoms with E-state index in [1.165, 1.54) is 5.56 Å². The van der Waals surface area contributed by atoms with Crippen molar-refractivity contribution in [3.8, 4) is 17.0 Å². The normalized spacial score (nSPS) is 11.0. The molecule has 0 bridgehead atoms. The molecule has 1 amide bonds. The lowest BCUT2D eigenvalue weighted by atomic mass is 10.1. The van der Waals surface area contributed by atoms with Crippen molar-refractivity contribution >= 4 is 27.9 Å². The van der Waals surface area contributed by atoms with Crippen LogP contribution in [-0.4, -0.2) is 21.9 Å². The number of anilines is 1. The zero-order chi connectivity index (χ0) is 19.7. The van der Waals surface area contributed by atoms with Crippen LogP contribution in [0, 0.1) is 20.8 Å². The summed E-state index contributed by atoms with van der Waals surface area (Å²) in [7, 11) is 0. The monoisotopic (exact) mass is 391 g/mol. The summed E-state index contributed by atoms with van der Waals surface area (Å²) in [6.07, 6.45) is 3.99. The Kier molecular flexibility index (Phi) is 4.88. The van der Waals surface area contributed by atoms with Gasteiger partial charge in [0, 0.05) is 29.0 Å². The molecule has 0 saturated carbocycles. The van der Waals surface area contributed by atoms with Gasteiger partial charge in [0.05, 0.1) is 5.69 Å². The van der Waals surface area contributed by atoms with Crippen molar-refractivity contribution in [2.45, 2.75) is 20.8 Å². The van der Waals surface area contributed by atoms with E-state index in [-0.39, 0.29) is 12.5 Å². The van der Waals surface area contributed by atoms with E-state index in [0.29, 0.717) is 0 Å². The molecule has 0 aliphatic carbocycles. The summed E-state index contributed by atoms with van der Waals surface area (Å²) < 4.78 is 7.75. The lowest BCUT2D eigenvalue weighted by Crippen LogP contribution is -2.20. The minimum Gasteiger partial charge on any atom is -0.483 e. The standard InChI is InChI=1S/C22H21N3O2S/c1-14-10-15(2)21(16(3)11-14)27-13-20(26)23-18-6-4-17(5-7-18)19-12-25-8-9-28-22(25)24-19/h4-12H,13H2,1-3H3,(H,23,26). The van der Waals surface area contributed by atoms with Crippen LogP contribution in [0.1, 0.15) is 16.7 Å². The minimum atomic E-state index is -0.186. The number of aromatic nitrogens is 2. The van der Waals surface area contributed by atoms with Gasteiger partial charge in [0.2, 0.25) is 0 Å². The van der Waals surface area contributed by atoms with Crippen LogP contribution in [0.5, 0.6) is 5.75 Å². The van der Waals surface area contributed by atoms with Crippen molar-refractivity contribution in [3.05, 3.63) is 70.9 Å². The van der Waals surface area contributed by atoms with E-state index in [1.807, 2.05) is 67.2 Å². The molecule has 0 unspecified atom stereocenters. The summed E-state index contributed by atoms with van der Waals surface area (Å²) >= 11 is 1.60. The Morgan fingerprint density at radius 2 is 1.86 bits per heavy atom. The third kappa shape index (κ3) is 3.77. The van der Waals surface area contributed by atoms with Gasteiger partial charge in [-0.25, -0.2) is 4.98 Å². The number of nitrogens with one attached hydrogen (secondary N) is 1. The van der Waals surface area contributed by atoms with Crippen molar-refractivity contribution < 1.29 is 9.53 Å². The molecule has 142 valence electrons. The Labute approximate surface area is 167 Å². The van der Waals surface area contributed by atoms with Crippen LogP contribution in [0.2, 0.25) is 0 Å². The smallest absolute Gasteiger partial charge is 0.262 e. The minimum absolute atomic E-state index is 0.0240. The van der Waals surface area contributed by atoms with E-state index >= 15 is 0 Å². The predicted octanol–water partition coefficient (Wildman–Crippen LogP) is 5.01. The number of hydrogen-bond donors (Lipinski definition) is 1. The Morgan fingerprint density at radius 1 is 1.14 bits per heavy atom. The maximum atomic E-state index is 12.3. The van der Waals surface area contributed by atoms with Gasteiger partial charge in [0.25, 0.3) is 5.91 Å². The number of thiazole rings is 1. The van der Waals surface area contributed by atoms with E-state index in [1.54, 1.807) is 11.3 Å². The highest BCUT2D eigenvalue weighted by Gasteiger charge is 2.10. The molecule has 1 N–H and O–H groups in total. The fourth-order valence-electron chi connectivity index (χ4n) is 3.32. The summed E-state index contributed by atoms with van der Waals surface area (Å²) in [6, 6.07) is 11.8. The first-order valence-electron chi connectivity index (χ1n) is 9.03. The molecular weight excluding hydrogens is 370 g/mol. The molecule has 0 aliphatic heterocycles. The first-order valence-corrected chi connectivity index (χ1v) is 9.91. The van der Waals surface area contributed by atoms with Crippen LogP contribution < -0.4 is 10.1 Å². The van der Waals surface area contributed by atoms with Crippen LogP contribution in [-0.2, 0) is 4.79 Å². The van der Waals surface area contributed by atoms with Crippen LogP contribution in [0.15, 0.2) is 54.2 Å². The van der Waals surface area contributed by atoms with Gasteiger partial charge in [-0.15, -0.1) is 11.3 Å². The van der Waals surface area contributed by atoms with Gasteiger partial charge in [0.15, 0.2) is 11.6 Å². The number of hydrogen-bond acceptors (Lipinski definition) is 4. The first kappa shape index (κ1) is 18.3. The number of fused-ring (bicyclic) bond motifs is 1. The number of carbonyl (C=O) groups excluding carboxylic acids is 1. The van der Waals surface area contributed by atoms with Gasteiger partial charge in [-0.05, 0) is 44.0 Å². The molecular formula is C22H21N3O2S. The number of aryl methyl sites for hydroxylation is 3. The predicted molar refractivity (Wildman–Crippen MR) is 113 cm³/mol. The van der Waals surface area contributed by atoms with E-state index < -0.39 is 0 Å². The highest BCUT2D eigenvalue weighted by atomic mass is 32.1. The fraction of sp³-hybridized carbons (Fsp3) is 0.182. The zero-order valence-electron chi connectivity index (χ0n) is 16.0. The Bertz CT molecular complexity index is 1090. The highest BCUT2D eigenvalue weighted by molar-refractivity contribution is 7.15. The molecule has 0 aliphatic rings. The summed E-state index contributed by atoms with van der Waals surface area (Å²) in [5, 5.41) is 4.88. The number of benzene rings is 2. The summed E-state index contributed by atoms with van der Waals surface area (Å²) in [5.41, 5.74) is 5.92. The van der Waals surface area contributed by atoms with Crippen molar-refractivity contribution in [1.82, 2.24) is 9.38 Å². The number of rotatable bonds is 5. The zero-order valence-corrected chi connectivity index (χ0v) is 16.8. The van der Waals surface area contributed by atoms with Gasteiger partial charge in [-0.2, -0.15) is 0 Å². The van der Waals surface area contributed by atoms with E-state index in [9.17, 15) is 4.79 Å². The number of ether oxygens (including phenoxy) is 1. The van der Waals surface area contributed by atoms with Gasteiger partial charge < -0.3 is 10.1 Å². The first-order chi connectivity index (χ1) is 13.5. The molecule has 0 radical (unpaired) electrons. The average molecular weight is 391 g/mol. The van der Waals surface area contributed by atoms with Gasteiger partial charge in [-0.3, -0.25) is 9.20 Å². The SMILES string of the molecule is Cc1cc(C)c(OCC(=O)Nc2ccc(-c3cn4ccsc4n3)cc2)c(C)c1. The van der Waals surface area contributed by atoms with Crippen molar-refractivity contribution in [1.29, 1.82) is 0 Å². The number of amides is 1. The molecule has 0 spiro atoms. The Balaban J connectivity index is 1.39. The molecule has 4 rings (SSSR count). The molecule has 28 heavy (non-hydrogen) atoms.